The molecule has 0 bridgehead atoms. The van der Waals surface area contributed by atoms with Crippen LogP contribution in [-0.2, 0) is 37.0 Å². The van der Waals surface area contributed by atoms with Crippen LogP contribution in [0.15, 0.2) is 48.5 Å². The second-order valence-corrected chi connectivity index (χ2v) is 10.7. The van der Waals surface area contributed by atoms with Crippen LogP contribution in [0.5, 0.6) is 0 Å². The zero-order valence-corrected chi connectivity index (χ0v) is 23.3. The van der Waals surface area contributed by atoms with E-state index in [9.17, 15) is 14.7 Å². The van der Waals surface area contributed by atoms with Gasteiger partial charge >= 0.3 is 5.97 Å². The first-order chi connectivity index (χ1) is 19.4. The number of rotatable bonds is 14. The number of aliphatic hydroxyl groups is 1. The standard InChI is InChI=1S/C31H42N2O7/c1-38-21-26-5-4-16-33(26)19-27-17-28(24-12-10-23(20-34)11-13-24)40-31(39-27)25-14-8-22(9-15-25)18-32-29(35)6-2-3-7-30(36)37/h8-15,26-28,31,34H,2-7,16-21H2,1H3,(H,32,35)(H,36,37)/t26-,27+,28-,31-/m0/s1. The first kappa shape index (κ1) is 30.1. The lowest BCUT2D eigenvalue weighted by Crippen LogP contribution is -2.42. The largest absolute Gasteiger partial charge is 0.481 e. The van der Waals surface area contributed by atoms with Crippen molar-refractivity contribution in [3.8, 4) is 0 Å². The van der Waals surface area contributed by atoms with Crippen molar-refractivity contribution in [2.75, 3.05) is 26.8 Å². The van der Waals surface area contributed by atoms with Crippen LogP contribution in [0, 0.1) is 0 Å². The normalized spacial score (nSPS) is 23.2. The molecule has 4 atom stereocenters. The monoisotopic (exact) mass is 554 g/mol. The summed E-state index contributed by atoms with van der Waals surface area (Å²) >= 11 is 0. The van der Waals surface area contributed by atoms with E-state index in [2.05, 4.69) is 10.2 Å². The summed E-state index contributed by atoms with van der Waals surface area (Å²) in [5.41, 5.74) is 3.81. The third kappa shape index (κ3) is 8.84. The number of nitrogens with zero attached hydrogens (tertiary/aromatic N) is 1. The Hall–Kier alpha value is -2.82. The lowest BCUT2D eigenvalue weighted by molar-refractivity contribution is -0.253. The highest BCUT2D eigenvalue weighted by molar-refractivity contribution is 5.75. The van der Waals surface area contributed by atoms with Crippen molar-refractivity contribution in [3.63, 3.8) is 0 Å². The zero-order valence-electron chi connectivity index (χ0n) is 23.3. The van der Waals surface area contributed by atoms with Gasteiger partial charge < -0.3 is 29.7 Å². The van der Waals surface area contributed by atoms with Crippen molar-refractivity contribution in [1.29, 1.82) is 0 Å². The van der Waals surface area contributed by atoms with Crippen molar-refractivity contribution in [3.05, 3.63) is 70.8 Å². The summed E-state index contributed by atoms with van der Waals surface area (Å²) in [6.07, 6.45) is 3.81. The highest BCUT2D eigenvalue weighted by atomic mass is 16.7. The van der Waals surface area contributed by atoms with E-state index in [4.69, 9.17) is 19.3 Å². The van der Waals surface area contributed by atoms with E-state index in [0.29, 0.717) is 31.8 Å². The van der Waals surface area contributed by atoms with Gasteiger partial charge in [0.15, 0.2) is 6.29 Å². The molecular weight excluding hydrogens is 512 g/mol. The number of aliphatic hydroxyl groups excluding tert-OH is 1. The summed E-state index contributed by atoms with van der Waals surface area (Å²) in [7, 11) is 1.75. The maximum absolute atomic E-state index is 12.1. The predicted molar refractivity (Wildman–Crippen MR) is 149 cm³/mol. The van der Waals surface area contributed by atoms with Gasteiger partial charge in [0.25, 0.3) is 0 Å². The molecule has 2 heterocycles. The number of benzene rings is 2. The highest BCUT2D eigenvalue weighted by Gasteiger charge is 2.35. The van der Waals surface area contributed by atoms with Gasteiger partial charge in [0.1, 0.15) is 0 Å². The van der Waals surface area contributed by atoms with E-state index in [1.807, 2.05) is 48.5 Å². The lowest BCUT2D eigenvalue weighted by Gasteiger charge is -2.38. The second kappa shape index (κ2) is 15.3. The Balaban J connectivity index is 1.39. The molecule has 3 N–H and O–H groups in total. The first-order valence-electron chi connectivity index (χ1n) is 14.3. The number of methoxy groups -OCH3 is 1. The number of carboxylic acid groups (broad SMARTS) is 1. The molecular formula is C31H42N2O7. The number of unbranched alkanes of at least 4 members (excludes halogenated alkanes) is 1. The Bertz CT molecular complexity index is 1080. The first-order valence-corrected chi connectivity index (χ1v) is 14.3. The number of carboxylic acids is 1. The third-order valence-electron chi connectivity index (χ3n) is 7.70. The summed E-state index contributed by atoms with van der Waals surface area (Å²) in [6.45, 7) is 2.99. The molecule has 218 valence electrons. The lowest BCUT2D eigenvalue weighted by atomic mass is 9.99. The van der Waals surface area contributed by atoms with Crippen LogP contribution in [0.2, 0.25) is 0 Å². The number of carbonyl (C=O) groups is 2. The minimum absolute atomic E-state index is 0.00748. The molecule has 0 radical (unpaired) electrons. The SMILES string of the molecule is COC[C@@H]1CCCN1C[C@H]1C[C@@H](c2ccc(CO)cc2)O[C@@H](c2ccc(CNC(=O)CCCCC(=O)O)cc2)O1. The number of aliphatic carboxylic acids is 1. The van der Waals surface area contributed by atoms with Crippen LogP contribution in [0.1, 0.15) is 79.6 Å². The highest BCUT2D eigenvalue weighted by Crippen LogP contribution is 2.38. The van der Waals surface area contributed by atoms with Crippen molar-refractivity contribution < 1.29 is 34.0 Å². The average Bonchev–Trinajstić information content (AvgIpc) is 3.40. The number of amides is 1. The molecule has 0 spiro atoms. The molecule has 4 rings (SSSR count). The van der Waals surface area contributed by atoms with Crippen LogP contribution >= 0.6 is 0 Å². The van der Waals surface area contributed by atoms with Crippen molar-refractivity contribution in [2.24, 2.45) is 0 Å². The number of hydrogen-bond acceptors (Lipinski definition) is 7. The Morgan fingerprint density at radius 1 is 1.00 bits per heavy atom. The van der Waals surface area contributed by atoms with Crippen molar-refractivity contribution >= 4 is 11.9 Å². The second-order valence-electron chi connectivity index (χ2n) is 10.7. The van der Waals surface area contributed by atoms with E-state index >= 15 is 0 Å². The Kier molecular flexibility index (Phi) is 11.5. The molecule has 1 amide bonds. The molecule has 0 aromatic heterocycles. The quantitative estimate of drug-likeness (QED) is 0.299. The van der Waals surface area contributed by atoms with Gasteiger partial charge in [-0.3, -0.25) is 14.5 Å². The number of nitrogens with one attached hydrogen (secondary N) is 1. The van der Waals surface area contributed by atoms with Gasteiger partial charge in [0.05, 0.1) is 25.4 Å². The molecule has 2 saturated heterocycles. The van der Waals surface area contributed by atoms with E-state index < -0.39 is 12.3 Å². The number of likely N-dealkylation sites (tertiary alicyclic amines) is 1. The average molecular weight is 555 g/mol. The van der Waals surface area contributed by atoms with Crippen LogP contribution in [0.3, 0.4) is 0 Å². The molecule has 9 nitrogen and oxygen atoms in total. The smallest absolute Gasteiger partial charge is 0.303 e. The fourth-order valence-corrected chi connectivity index (χ4v) is 5.45. The zero-order chi connectivity index (χ0) is 28.3. The van der Waals surface area contributed by atoms with E-state index in [0.717, 1.165) is 61.2 Å². The Labute approximate surface area is 236 Å². The number of ether oxygens (including phenoxy) is 3. The molecule has 40 heavy (non-hydrogen) atoms. The Morgan fingerprint density at radius 3 is 2.40 bits per heavy atom. The van der Waals surface area contributed by atoms with Gasteiger partial charge in [-0.1, -0.05) is 48.5 Å². The van der Waals surface area contributed by atoms with Gasteiger partial charge in [-0.25, -0.2) is 0 Å². The van der Waals surface area contributed by atoms with Gasteiger partial charge in [0.2, 0.25) is 5.91 Å². The van der Waals surface area contributed by atoms with Gasteiger partial charge in [-0.15, -0.1) is 0 Å². The minimum atomic E-state index is -0.838. The molecule has 2 aliphatic heterocycles. The maximum Gasteiger partial charge on any atom is 0.303 e. The number of carbonyl (C=O) groups excluding carboxylic acids is 1. The van der Waals surface area contributed by atoms with Gasteiger partial charge in [-0.2, -0.15) is 0 Å². The molecule has 2 fully saturated rings. The molecule has 0 unspecified atom stereocenters. The van der Waals surface area contributed by atoms with Gasteiger partial charge in [0, 0.05) is 51.1 Å². The molecule has 2 aromatic rings. The maximum atomic E-state index is 12.1. The van der Waals surface area contributed by atoms with E-state index in [1.165, 1.54) is 0 Å². The fourth-order valence-electron chi connectivity index (χ4n) is 5.45. The van der Waals surface area contributed by atoms with Crippen LogP contribution in [0.4, 0.5) is 0 Å². The molecule has 2 aliphatic rings. The Morgan fingerprint density at radius 2 is 1.70 bits per heavy atom. The van der Waals surface area contributed by atoms with Crippen molar-refractivity contribution in [2.45, 2.75) is 82.6 Å². The minimum Gasteiger partial charge on any atom is -0.481 e. The van der Waals surface area contributed by atoms with Crippen LogP contribution in [0.25, 0.3) is 0 Å². The van der Waals surface area contributed by atoms with Gasteiger partial charge in [-0.05, 0) is 48.9 Å². The summed E-state index contributed by atoms with van der Waals surface area (Å²) < 4.78 is 18.4. The third-order valence-corrected chi connectivity index (χ3v) is 7.70. The van der Waals surface area contributed by atoms with E-state index in [1.54, 1.807) is 7.11 Å². The summed E-state index contributed by atoms with van der Waals surface area (Å²) in [6, 6.07) is 16.2. The molecule has 0 aliphatic carbocycles. The van der Waals surface area contributed by atoms with Crippen LogP contribution < -0.4 is 5.32 Å². The van der Waals surface area contributed by atoms with Crippen molar-refractivity contribution in [1.82, 2.24) is 10.2 Å². The molecule has 2 aromatic carbocycles. The van der Waals surface area contributed by atoms with Crippen LogP contribution in [-0.4, -0.2) is 65.9 Å². The molecule has 9 heteroatoms. The summed E-state index contributed by atoms with van der Waals surface area (Å²) in [4.78, 5) is 25.2. The summed E-state index contributed by atoms with van der Waals surface area (Å²) in [5, 5.41) is 21.1. The predicted octanol–water partition coefficient (Wildman–Crippen LogP) is 4.10. The summed E-state index contributed by atoms with van der Waals surface area (Å²) in [5.74, 6) is -0.921. The fraction of sp³-hybridized carbons (Fsp3) is 0.548. The number of hydrogen-bond donors (Lipinski definition) is 3. The van der Waals surface area contributed by atoms with E-state index in [-0.39, 0.29) is 31.1 Å². The molecule has 0 saturated carbocycles. The topological polar surface area (TPSA) is 118 Å².